The van der Waals surface area contributed by atoms with Gasteiger partial charge >= 0.3 is 5.00 Å². The fourth-order valence-electron chi connectivity index (χ4n) is 1.11. The van der Waals surface area contributed by atoms with Gasteiger partial charge in [-0.3, -0.25) is 14.9 Å². The molecule has 0 aliphatic heterocycles. The number of nitrogens with zero attached hydrogens (tertiary/aromatic N) is 1. The third-order valence-corrected chi connectivity index (χ3v) is 4.00. The first-order chi connectivity index (χ1) is 7.20. The van der Waals surface area contributed by atoms with Crippen LogP contribution < -0.4 is 0 Å². The van der Waals surface area contributed by atoms with Gasteiger partial charge in [-0.05, 0) is 18.2 Å². The highest BCUT2D eigenvalue weighted by molar-refractivity contribution is 7.24. The summed E-state index contributed by atoms with van der Waals surface area (Å²) in [6.07, 6.45) is 0.774. The molecule has 0 saturated carbocycles. The van der Waals surface area contributed by atoms with Gasteiger partial charge < -0.3 is 0 Å². The number of aldehydes is 1. The van der Waals surface area contributed by atoms with Gasteiger partial charge in [-0.15, -0.1) is 11.3 Å². The van der Waals surface area contributed by atoms with E-state index in [1.54, 1.807) is 18.2 Å². The highest BCUT2D eigenvalue weighted by atomic mass is 32.1. The van der Waals surface area contributed by atoms with E-state index in [0.29, 0.717) is 4.88 Å². The van der Waals surface area contributed by atoms with Gasteiger partial charge in [0.25, 0.3) is 0 Å². The molecule has 0 spiro atoms. The molecule has 2 rings (SSSR count). The van der Waals surface area contributed by atoms with E-state index in [9.17, 15) is 14.9 Å². The molecule has 76 valence electrons. The van der Waals surface area contributed by atoms with Crippen LogP contribution in [0.1, 0.15) is 9.67 Å². The quantitative estimate of drug-likeness (QED) is 0.469. The van der Waals surface area contributed by atoms with Crippen molar-refractivity contribution in [1.29, 1.82) is 0 Å². The number of nitro groups is 1. The smallest absolute Gasteiger partial charge is 0.297 e. The minimum absolute atomic E-state index is 0.117. The summed E-state index contributed by atoms with van der Waals surface area (Å²) in [4.78, 5) is 22.9. The Labute approximate surface area is 92.9 Å². The summed E-state index contributed by atoms with van der Waals surface area (Å²) in [6.45, 7) is 0. The first-order valence-corrected chi connectivity index (χ1v) is 5.63. The maximum absolute atomic E-state index is 10.5. The summed E-state index contributed by atoms with van der Waals surface area (Å²) in [5, 5.41) is 10.6. The molecule has 15 heavy (non-hydrogen) atoms. The van der Waals surface area contributed by atoms with Crippen molar-refractivity contribution in [2.45, 2.75) is 0 Å². The molecule has 0 saturated heterocycles. The van der Waals surface area contributed by atoms with Gasteiger partial charge in [-0.1, -0.05) is 11.3 Å². The normalized spacial score (nSPS) is 10.1. The van der Waals surface area contributed by atoms with Gasteiger partial charge in [0.2, 0.25) is 0 Å². The Morgan fingerprint density at radius 2 is 1.80 bits per heavy atom. The van der Waals surface area contributed by atoms with Crippen LogP contribution in [0.25, 0.3) is 9.75 Å². The lowest BCUT2D eigenvalue weighted by molar-refractivity contribution is -0.380. The van der Waals surface area contributed by atoms with E-state index >= 15 is 0 Å². The van der Waals surface area contributed by atoms with Crippen molar-refractivity contribution in [1.82, 2.24) is 0 Å². The summed E-state index contributed by atoms with van der Waals surface area (Å²) < 4.78 is 0. The van der Waals surface area contributed by atoms with Crippen molar-refractivity contribution in [2.75, 3.05) is 0 Å². The minimum Gasteiger partial charge on any atom is -0.297 e. The number of carbonyl (C=O) groups excluding carboxylic acids is 1. The zero-order valence-corrected chi connectivity index (χ0v) is 9.01. The zero-order chi connectivity index (χ0) is 10.8. The van der Waals surface area contributed by atoms with E-state index in [1.165, 1.54) is 17.4 Å². The minimum atomic E-state index is -0.414. The van der Waals surface area contributed by atoms with Crippen LogP contribution in [0.5, 0.6) is 0 Å². The molecule has 2 aromatic heterocycles. The monoisotopic (exact) mass is 239 g/mol. The third kappa shape index (κ3) is 1.95. The second kappa shape index (κ2) is 3.92. The van der Waals surface area contributed by atoms with E-state index in [0.717, 1.165) is 27.4 Å². The lowest BCUT2D eigenvalue weighted by Crippen LogP contribution is -1.80. The Morgan fingerprint density at radius 3 is 2.33 bits per heavy atom. The van der Waals surface area contributed by atoms with Gasteiger partial charge in [0, 0.05) is 10.9 Å². The summed E-state index contributed by atoms with van der Waals surface area (Å²) in [6, 6.07) is 6.67. The summed E-state index contributed by atoms with van der Waals surface area (Å²) in [5.74, 6) is 0. The molecule has 6 heteroatoms. The standard InChI is InChI=1S/C9H5NO3S2/c11-5-6-1-2-7(14-6)8-3-4-9(15-8)10(12)13/h1-5H. The number of rotatable bonds is 3. The van der Waals surface area contributed by atoms with Crippen molar-refractivity contribution < 1.29 is 9.72 Å². The molecule has 0 radical (unpaired) electrons. The Hall–Kier alpha value is -1.53. The van der Waals surface area contributed by atoms with Gasteiger partial charge in [-0.2, -0.15) is 0 Å². The first-order valence-electron chi connectivity index (χ1n) is 4.00. The van der Waals surface area contributed by atoms with Gasteiger partial charge in [0.05, 0.1) is 14.7 Å². The first kappa shape index (κ1) is 10.0. The van der Waals surface area contributed by atoms with E-state index < -0.39 is 4.92 Å². The van der Waals surface area contributed by atoms with E-state index in [1.807, 2.05) is 0 Å². The SMILES string of the molecule is O=Cc1ccc(-c2ccc([N+](=O)[O-])s2)s1. The molecule has 2 heterocycles. The van der Waals surface area contributed by atoms with Crippen LogP contribution in [-0.2, 0) is 0 Å². The van der Waals surface area contributed by atoms with Crippen LogP contribution in [0.15, 0.2) is 24.3 Å². The Kier molecular flexibility index (Phi) is 2.61. The van der Waals surface area contributed by atoms with Crippen LogP contribution in [0.2, 0.25) is 0 Å². The van der Waals surface area contributed by atoms with Crippen LogP contribution >= 0.6 is 22.7 Å². The topological polar surface area (TPSA) is 60.2 Å². The average Bonchev–Trinajstić information content (AvgIpc) is 2.86. The Bertz CT molecular complexity index is 515. The second-order valence-electron chi connectivity index (χ2n) is 2.71. The lowest BCUT2D eigenvalue weighted by Gasteiger charge is -1.86. The van der Waals surface area contributed by atoms with Crippen LogP contribution in [0.4, 0.5) is 5.00 Å². The predicted molar refractivity (Wildman–Crippen MR) is 59.7 cm³/mol. The van der Waals surface area contributed by atoms with Crippen molar-refractivity contribution in [3.63, 3.8) is 0 Å². The zero-order valence-electron chi connectivity index (χ0n) is 7.38. The molecule has 0 amide bonds. The molecular weight excluding hydrogens is 234 g/mol. The summed E-state index contributed by atoms with van der Waals surface area (Å²) >= 11 is 2.44. The highest BCUT2D eigenvalue weighted by Crippen LogP contribution is 2.36. The largest absolute Gasteiger partial charge is 0.324 e. The fraction of sp³-hybridized carbons (Fsp3) is 0. The molecular formula is C9H5NO3S2. The van der Waals surface area contributed by atoms with Gasteiger partial charge in [-0.25, -0.2) is 0 Å². The van der Waals surface area contributed by atoms with Crippen molar-refractivity contribution in [2.24, 2.45) is 0 Å². The van der Waals surface area contributed by atoms with Crippen LogP contribution in [-0.4, -0.2) is 11.2 Å². The van der Waals surface area contributed by atoms with Gasteiger partial charge in [0.15, 0.2) is 6.29 Å². The number of hydrogen-bond acceptors (Lipinski definition) is 5. The van der Waals surface area contributed by atoms with Crippen molar-refractivity contribution in [3.05, 3.63) is 39.3 Å². The molecule has 0 aromatic carbocycles. The molecule has 2 aromatic rings. The average molecular weight is 239 g/mol. The second-order valence-corrected chi connectivity index (χ2v) is 4.89. The maximum Gasteiger partial charge on any atom is 0.324 e. The van der Waals surface area contributed by atoms with Crippen molar-refractivity contribution >= 4 is 34.0 Å². The summed E-state index contributed by atoms with van der Waals surface area (Å²) in [7, 11) is 0. The van der Waals surface area contributed by atoms with E-state index in [-0.39, 0.29) is 5.00 Å². The van der Waals surface area contributed by atoms with E-state index in [2.05, 4.69) is 0 Å². The third-order valence-electron chi connectivity index (χ3n) is 1.76. The predicted octanol–water partition coefficient (Wildman–Crippen LogP) is 3.20. The lowest BCUT2D eigenvalue weighted by atomic mass is 10.4. The maximum atomic E-state index is 10.5. The van der Waals surface area contributed by atoms with Crippen LogP contribution in [0.3, 0.4) is 0 Å². The molecule has 0 bridgehead atoms. The van der Waals surface area contributed by atoms with Crippen molar-refractivity contribution in [3.8, 4) is 9.75 Å². The highest BCUT2D eigenvalue weighted by Gasteiger charge is 2.12. The number of thiophene rings is 2. The molecule has 0 fully saturated rings. The fourth-order valence-corrected chi connectivity index (χ4v) is 2.84. The molecule has 4 nitrogen and oxygen atoms in total. The van der Waals surface area contributed by atoms with Crippen LogP contribution in [0, 0.1) is 10.1 Å². The Balaban J connectivity index is 2.36. The van der Waals surface area contributed by atoms with E-state index in [4.69, 9.17) is 0 Å². The molecule has 0 aliphatic carbocycles. The number of hydrogen-bond donors (Lipinski definition) is 0. The summed E-state index contributed by atoms with van der Waals surface area (Å²) in [5.41, 5.74) is 0. The molecule has 0 unspecified atom stereocenters. The molecule has 0 N–H and O–H groups in total. The van der Waals surface area contributed by atoms with Gasteiger partial charge in [0.1, 0.15) is 0 Å². The Morgan fingerprint density at radius 1 is 1.13 bits per heavy atom. The molecule has 0 aliphatic rings. The molecule has 0 atom stereocenters. The number of carbonyl (C=O) groups is 1.